The van der Waals surface area contributed by atoms with Crippen LogP contribution < -0.4 is 0 Å². The summed E-state index contributed by atoms with van der Waals surface area (Å²) in [5.74, 6) is -3.27. The molecule has 0 aromatic rings. The smallest absolute Gasteiger partial charge is 0.324 e. The van der Waals surface area contributed by atoms with E-state index >= 15 is 0 Å². The largest absolute Gasteiger partial charge is 0.465 e. The second-order valence-corrected chi connectivity index (χ2v) is 7.21. The number of fused-ring (bicyclic) bond motifs is 1. The Balaban J connectivity index is 1.87. The summed E-state index contributed by atoms with van der Waals surface area (Å²) < 4.78 is 24.1. The number of ether oxygens (including phenoxy) is 2. The number of alkyl halides is 1. The number of carbonyl (C=O) groups is 3. The van der Waals surface area contributed by atoms with E-state index in [1.54, 1.807) is 19.2 Å². The highest BCUT2D eigenvalue weighted by molar-refractivity contribution is 6.18. The molecule has 2 aliphatic heterocycles. The lowest BCUT2D eigenvalue weighted by Gasteiger charge is -2.40. The second-order valence-electron chi connectivity index (χ2n) is 7.21. The molecular weight excluding hydrogens is 379 g/mol. The van der Waals surface area contributed by atoms with E-state index in [2.05, 4.69) is 4.99 Å². The number of morpholine rings is 1. The van der Waals surface area contributed by atoms with Crippen LogP contribution in [-0.2, 0) is 23.9 Å². The number of ketones is 1. The number of allylic oxidation sites excluding steroid dienone is 5. The molecule has 0 N–H and O–H groups in total. The van der Waals surface area contributed by atoms with E-state index in [0.29, 0.717) is 38.0 Å². The lowest BCUT2D eigenvalue weighted by Crippen LogP contribution is -2.46. The van der Waals surface area contributed by atoms with E-state index in [9.17, 15) is 18.8 Å². The monoisotopic (exact) mass is 404 g/mol. The Labute approximate surface area is 168 Å². The summed E-state index contributed by atoms with van der Waals surface area (Å²) in [6.45, 7) is 2.71. The highest BCUT2D eigenvalue weighted by Gasteiger charge is 2.40. The zero-order chi connectivity index (χ0) is 21.0. The van der Waals surface area contributed by atoms with Crippen molar-refractivity contribution in [3.63, 3.8) is 0 Å². The van der Waals surface area contributed by atoms with E-state index in [1.165, 1.54) is 6.08 Å². The molecule has 0 amide bonds. The number of nitrogens with zero attached hydrogens (tertiary/aromatic N) is 2. The van der Waals surface area contributed by atoms with Crippen LogP contribution in [0.3, 0.4) is 0 Å². The van der Waals surface area contributed by atoms with Crippen molar-refractivity contribution in [1.29, 1.82) is 0 Å². The van der Waals surface area contributed by atoms with Crippen LogP contribution >= 0.6 is 0 Å². The lowest BCUT2D eigenvalue weighted by atomic mass is 9.86. The van der Waals surface area contributed by atoms with Gasteiger partial charge in [0.15, 0.2) is 5.92 Å². The van der Waals surface area contributed by atoms with Gasteiger partial charge in [-0.2, -0.15) is 0 Å². The Bertz CT molecular complexity index is 801. The molecule has 0 radical (unpaired) electrons. The highest BCUT2D eigenvalue weighted by Crippen LogP contribution is 2.34. The van der Waals surface area contributed by atoms with Crippen LogP contribution in [0.4, 0.5) is 4.39 Å². The Morgan fingerprint density at radius 1 is 1.48 bits per heavy atom. The summed E-state index contributed by atoms with van der Waals surface area (Å²) in [6.07, 6.45) is 6.61. The van der Waals surface area contributed by atoms with Gasteiger partial charge in [-0.3, -0.25) is 14.6 Å². The third-order valence-corrected chi connectivity index (χ3v) is 5.22. The maximum absolute atomic E-state index is 13.3. The molecule has 8 heteroatoms. The van der Waals surface area contributed by atoms with E-state index in [1.807, 2.05) is 18.0 Å². The molecule has 4 atom stereocenters. The number of rotatable bonds is 7. The Morgan fingerprint density at radius 2 is 2.28 bits per heavy atom. The molecule has 0 aromatic heterocycles. The second kappa shape index (κ2) is 9.26. The molecule has 0 spiro atoms. The van der Waals surface area contributed by atoms with Crippen LogP contribution in [0.5, 0.6) is 0 Å². The maximum atomic E-state index is 13.3. The van der Waals surface area contributed by atoms with Gasteiger partial charge in [-0.25, -0.2) is 4.39 Å². The van der Waals surface area contributed by atoms with Gasteiger partial charge in [-0.15, -0.1) is 0 Å². The van der Waals surface area contributed by atoms with Crippen molar-refractivity contribution in [2.75, 3.05) is 26.8 Å². The highest BCUT2D eigenvalue weighted by atomic mass is 19.1. The van der Waals surface area contributed by atoms with Crippen LogP contribution in [-0.4, -0.2) is 68.2 Å². The molecule has 3 rings (SSSR count). The zero-order valence-corrected chi connectivity index (χ0v) is 16.5. The molecule has 0 aromatic carbocycles. The first-order valence-electron chi connectivity index (χ1n) is 9.74. The summed E-state index contributed by atoms with van der Waals surface area (Å²) in [6, 6.07) is 0. The van der Waals surface area contributed by atoms with Crippen molar-refractivity contribution in [2.45, 2.75) is 32.0 Å². The number of aliphatic imine (C=N–C) groups is 1. The number of halogens is 1. The van der Waals surface area contributed by atoms with E-state index in [0.717, 1.165) is 5.57 Å². The fourth-order valence-electron chi connectivity index (χ4n) is 3.71. The minimum Gasteiger partial charge on any atom is -0.465 e. The van der Waals surface area contributed by atoms with Crippen LogP contribution in [0, 0.1) is 11.8 Å². The van der Waals surface area contributed by atoms with Crippen LogP contribution in [0.1, 0.15) is 19.8 Å². The lowest BCUT2D eigenvalue weighted by molar-refractivity contribution is -0.151. The molecular formula is C21H25FN2O5. The first-order valence-corrected chi connectivity index (χ1v) is 9.74. The van der Waals surface area contributed by atoms with Crippen molar-refractivity contribution in [1.82, 2.24) is 4.90 Å². The van der Waals surface area contributed by atoms with E-state index < -0.39 is 29.9 Å². The molecule has 1 aliphatic carbocycles. The third-order valence-electron chi connectivity index (χ3n) is 5.22. The van der Waals surface area contributed by atoms with Gasteiger partial charge in [0.25, 0.3) is 0 Å². The Kier molecular flexibility index (Phi) is 6.74. The number of hydrogen-bond acceptors (Lipinski definition) is 7. The van der Waals surface area contributed by atoms with Gasteiger partial charge in [-0.05, 0) is 13.3 Å². The van der Waals surface area contributed by atoms with Gasteiger partial charge in [0.05, 0.1) is 18.9 Å². The standard InChI is InChI=1S/C21H25FN2O5/c1-3-28-21(27)16(12-25)19(26)17-18-20(29-9-8-24(18)2)14(11-23-17)10-13-4-6-15(22)7-5-13/h4-6,11-12,14-16,20H,3,7-10H2,1-2H3. The molecule has 3 aliphatic rings. The first-order chi connectivity index (χ1) is 14.0. The van der Waals surface area contributed by atoms with Gasteiger partial charge >= 0.3 is 5.97 Å². The SMILES string of the molecule is CCOC(=O)C(C=O)C(=O)C1=C2C(OCCN2C)C(CC2=CCC(F)C=C2)C=N1. The quantitative estimate of drug-likeness (QED) is 0.365. The Morgan fingerprint density at radius 3 is 2.93 bits per heavy atom. The minimum atomic E-state index is -1.55. The van der Waals surface area contributed by atoms with Crippen LogP contribution in [0.2, 0.25) is 0 Å². The zero-order valence-electron chi connectivity index (χ0n) is 16.5. The summed E-state index contributed by atoms with van der Waals surface area (Å²) in [4.78, 5) is 42.6. The first kappa shape index (κ1) is 21.1. The molecule has 1 saturated heterocycles. The maximum Gasteiger partial charge on any atom is 0.324 e. The molecule has 2 heterocycles. The van der Waals surface area contributed by atoms with Crippen molar-refractivity contribution >= 4 is 24.3 Å². The normalized spacial score (nSPS) is 27.2. The number of esters is 1. The average molecular weight is 404 g/mol. The van der Waals surface area contributed by atoms with Crippen molar-refractivity contribution < 1.29 is 28.2 Å². The van der Waals surface area contributed by atoms with Crippen molar-refractivity contribution in [3.8, 4) is 0 Å². The average Bonchev–Trinajstić information content (AvgIpc) is 2.71. The van der Waals surface area contributed by atoms with Gasteiger partial charge in [0.2, 0.25) is 5.78 Å². The van der Waals surface area contributed by atoms with Crippen LogP contribution in [0.15, 0.2) is 40.2 Å². The number of aldehydes is 1. The summed E-state index contributed by atoms with van der Waals surface area (Å²) in [7, 11) is 1.82. The summed E-state index contributed by atoms with van der Waals surface area (Å²) >= 11 is 0. The third kappa shape index (κ3) is 4.53. The summed E-state index contributed by atoms with van der Waals surface area (Å²) in [5.41, 5.74) is 1.60. The van der Waals surface area contributed by atoms with E-state index in [4.69, 9.17) is 9.47 Å². The fraction of sp³-hybridized carbons (Fsp3) is 0.524. The topological polar surface area (TPSA) is 85.3 Å². The molecule has 29 heavy (non-hydrogen) atoms. The summed E-state index contributed by atoms with van der Waals surface area (Å²) in [5, 5.41) is 0. The fourth-order valence-corrected chi connectivity index (χ4v) is 3.71. The van der Waals surface area contributed by atoms with Crippen molar-refractivity contribution in [2.24, 2.45) is 16.8 Å². The van der Waals surface area contributed by atoms with Crippen molar-refractivity contribution in [3.05, 3.63) is 35.2 Å². The van der Waals surface area contributed by atoms with Gasteiger partial charge < -0.3 is 19.2 Å². The number of likely N-dealkylation sites (N-methyl/N-ethyl adjacent to an activating group) is 1. The number of hydrogen-bond donors (Lipinski definition) is 0. The molecule has 7 nitrogen and oxygen atoms in total. The molecule has 0 bridgehead atoms. The number of carbonyl (C=O) groups excluding carboxylic acids is 3. The Hall–Kier alpha value is -2.61. The minimum absolute atomic E-state index is 0.0515. The number of Topliss-reactive ketones (excluding diaryl/α,β-unsaturated/α-hetero) is 1. The van der Waals surface area contributed by atoms with Crippen LogP contribution in [0.25, 0.3) is 0 Å². The molecule has 1 fully saturated rings. The van der Waals surface area contributed by atoms with Gasteiger partial charge in [-0.1, -0.05) is 23.8 Å². The molecule has 0 saturated carbocycles. The molecule has 156 valence electrons. The predicted octanol–water partition coefficient (Wildman–Crippen LogP) is 1.79. The molecule has 4 unspecified atom stereocenters. The van der Waals surface area contributed by atoms with E-state index in [-0.39, 0.29) is 18.2 Å². The predicted molar refractivity (Wildman–Crippen MR) is 104 cm³/mol. The van der Waals surface area contributed by atoms with Gasteiger partial charge in [0.1, 0.15) is 24.3 Å². The van der Waals surface area contributed by atoms with Gasteiger partial charge in [0, 0.05) is 32.1 Å².